The first-order chi connectivity index (χ1) is 7.31. The maximum absolute atomic E-state index is 5.31. The van der Waals surface area contributed by atoms with Gasteiger partial charge in [0, 0.05) is 19.6 Å². The lowest BCUT2D eigenvalue weighted by Gasteiger charge is -2.33. The van der Waals surface area contributed by atoms with Gasteiger partial charge in [-0.15, -0.1) is 0 Å². The van der Waals surface area contributed by atoms with Crippen LogP contribution in [0.5, 0.6) is 0 Å². The minimum Gasteiger partial charge on any atom is -0.371 e. The van der Waals surface area contributed by atoms with E-state index in [1.807, 2.05) is 0 Å². The lowest BCUT2D eigenvalue weighted by molar-refractivity contribution is 0.157. The van der Waals surface area contributed by atoms with Crippen LogP contribution in [0.25, 0.3) is 0 Å². The summed E-state index contributed by atoms with van der Waals surface area (Å²) >= 11 is 0. The van der Waals surface area contributed by atoms with Crippen LogP contribution < -0.4 is 0 Å². The number of methoxy groups -OCH3 is 1. The monoisotopic (exact) mass is 209 g/mol. The molecule has 0 fully saturated rings. The lowest BCUT2D eigenvalue weighted by atomic mass is 9.97. The van der Waals surface area contributed by atoms with Crippen LogP contribution in [-0.2, 0) is 4.74 Å². The van der Waals surface area contributed by atoms with Gasteiger partial charge in [-0.2, -0.15) is 0 Å². The van der Waals surface area contributed by atoms with E-state index in [0.717, 1.165) is 12.5 Å². The highest BCUT2D eigenvalue weighted by atomic mass is 16.5. The first kappa shape index (κ1) is 12.7. The molecule has 0 amide bonds. The number of ether oxygens (including phenoxy) is 1. The average Bonchev–Trinajstić information content (AvgIpc) is 2.29. The van der Waals surface area contributed by atoms with Gasteiger partial charge in [0.05, 0.1) is 0 Å². The van der Waals surface area contributed by atoms with Crippen LogP contribution in [0, 0.1) is 12.5 Å². The third kappa shape index (κ3) is 3.96. The zero-order valence-corrected chi connectivity index (χ0v) is 10.2. The standard InChI is InChI=1S/C13H23NO/c1-4-9-14(10-5-2)12-7-6-8-13(11-12)15-3/h6-8,12H,4-5,9-11H2,1-3H3. The molecule has 1 atom stereocenters. The smallest absolute Gasteiger partial charge is 0.120 e. The fourth-order valence-corrected chi connectivity index (χ4v) is 2.05. The van der Waals surface area contributed by atoms with E-state index in [2.05, 4.69) is 37.3 Å². The number of hydrogen-bond acceptors (Lipinski definition) is 2. The first-order valence-corrected chi connectivity index (χ1v) is 5.97. The van der Waals surface area contributed by atoms with Gasteiger partial charge < -0.3 is 4.74 Å². The highest BCUT2D eigenvalue weighted by molar-refractivity contribution is 5.19. The Labute approximate surface area is 94.3 Å². The second kappa shape index (κ2) is 7.02. The highest BCUT2D eigenvalue weighted by Crippen LogP contribution is 2.23. The SMILES string of the molecule is CCCN(CCC)C1[CH]C=C[C](OC)C1. The van der Waals surface area contributed by atoms with Gasteiger partial charge in [0.2, 0.25) is 0 Å². The third-order valence-corrected chi connectivity index (χ3v) is 2.78. The van der Waals surface area contributed by atoms with E-state index in [1.165, 1.54) is 25.9 Å². The number of hydrogen-bond donors (Lipinski definition) is 0. The third-order valence-electron chi connectivity index (χ3n) is 2.78. The van der Waals surface area contributed by atoms with Crippen molar-refractivity contribution in [1.82, 2.24) is 4.90 Å². The van der Waals surface area contributed by atoms with Crippen LogP contribution >= 0.6 is 0 Å². The Hall–Kier alpha value is -0.340. The summed E-state index contributed by atoms with van der Waals surface area (Å²) in [5.74, 6) is 0. The summed E-state index contributed by atoms with van der Waals surface area (Å²) in [6.07, 6.45) is 11.0. The predicted molar refractivity (Wildman–Crippen MR) is 64.3 cm³/mol. The molecule has 0 aromatic rings. The van der Waals surface area contributed by atoms with Crippen LogP contribution in [0.4, 0.5) is 0 Å². The largest absolute Gasteiger partial charge is 0.371 e. The maximum Gasteiger partial charge on any atom is 0.120 e. The number of rotatable bonds is 6. The molecule has 2 heteroatoms. The van der Waals surface area contributed by atoms with Gasteiger partial charge >= 0.3 is 0 Å². The summed E-state index contributed by atoms with van der Waals surface area (Å²) < 4.78 is 5.31. The lowest BCUT2D eigenvalue weighted by Crippen LogP contribution is -2.39. The Balaban J connectivity index is 2.48. The van der Waals surface area contributed by atoms with Crippen molar-refractivity contribution in [3.05, 3.63) is 24.7 Å². The zero-order valence-electron chi connectivity index (χ0n) is 10.2. The average molecular weight is 209 g/mol. The van der Waals surface area contributed by atoms with Crippen LogP contribution in [0.3, 0.4) is 0 Å². The summed E-state index contributed by atoms with van der Waals surface area (Å²) in [5, 5.41) is 0. The molecule has 0 N–H and O–H groups in total. The fraction of sp³-hybridized carbons (Fsp3) is 0.692. The Kier molecular flexibility index (Phi) is 5.96. The van der Waals surface area contributed by atoms with Gasteiger partial charge in [-0.05, 0) is 32.4 Å². The van der Waals surface area contributed by atoms with Crippen molar-refractivity contribution in [3.8, 4) is 0 Å². The summed E-state index contributed by atoms with van der Waals surface area (Å²) in [6.45, 7) is 6.84. The Morgan fingerprint density at radius 1 is 1.33 bits per heavy atom. The maximum atomic E-state index is 5.31. The van der Waals surface area contributed by atoms with Gasteiger partial charge in [-0.25, -0.2) is 0 Å². The first-order valence-electron chi connectivity index (χ1n) is 5.97. The molecule has 0 spiro atoms. The van der Waals surface area contributed by atoms with Gasteiger partial charge in [0.25, 0.3) is 0 Å². The molecule has 1 rings (SSSR count). The molecule has 0 aromatic heterocycles. The van der Waals surface area contributed by atoms with Crippen molar-refractivity contribution in [3.63, 3.8) is 0 Å². The predicted octanol–water partition coefficient (Wildman–Crippen LogP) is 2.82. The molecule has 0 saturated carbocycles. The molecule has 2 nitrogen and oxygen atoms in total. The Bertz CT molecular complexity index is 185. The molecule has 0 bridgehead atoms. The molecule has 15 heavy (non-hydrogen) atoms. The van der Waals surface area contributed by atoms with Crippen molar-refractivity contribution in [2.45, 2.75) is 39.2 Å². The molecule has 2 radical (unpaired) electrons. The van der Waals surface area contributed by atoms with E-state index in [1.54, 1.807) is 7.11 Å². The highest BCUT2D eigenvalue weighted by Gasteiger charge is 2.23. The molecule has 1 aliphatic rings. The molecule has 1 unspecified atom stereocenters. The van der Waals surface area contributed by atoms with E-state index in [0.29, 0.717) is 6.04 Å². The summed E-state index contributed by atoms with van der Waals surface area (Å²) in [7, 11) is 1.76. The summed E-state index contributed by atoms with van der Waals surface area (Å²) in [6, 6.07) is 0.532. The molecule has 0 aromatic carbocycles. The number of nitrogens with zero attached hydrogens (tertiary/aromatic N) is 1. The van der Waals surface area contributed by atoms with Gasteiger partial charge in [-0.1, -0.05) is 26.0 Å². The Morgan fingerprint density at radius 3 is 2.53 bits per heavy atom. The summed E-state index contributed by atoms with van der Waals surface area (Å²) in [5.41, 5.74) is 0. The minimum atomic E-state index is 0.532. The molecule has 0 saturated heterocycles. The van der Waals surface area contributed by atoms with E-state index >= 15 is 0 Å². The normalized spacial score (nSPS) is 22.5. The topological polar surface area (TPSA) is 12.5 Å². The quantitative estimate of drug-likeness (QED) is 0.667. The molecule has 86 valence electrons. The van der Waals surface area contributed by atoms with Crippen molar-refractivity contribution < 1.29 is 4.74 Å². The second-order valence-corrected chi connectivity index (χ2v) is 4.03. The van der Waals surface area contributed by atoms with Crippen LogP contribution in [0.1, 0.15) is 33.1 Å². The van der Waals surface area contributed by atoms with E-state index in [9.17, 15) is 0 Å². The van der Waals surface area contributed by atoms with E-state index < -0.39 is 0 Å². The van der Waals surface area contributed by atoms with Crippen LogP contribution in [-0.4, -0.2) is 31.1 Å². The summed E-state index contributed by atoms with van der Waals surface area (Å²) in [4.78, 5) is 2.54. The fourth-order valence-electron chi connectivity index (χ4n) is 2.05. The van der Waals surface area contributed by atoms with Crippen LogP contribution in [0.15, 0.2) is 12.2 Å². The minimum absolute atomic E-state index is 0.532. The van der Waals surface area contributed by atoms with Crippen molar-refractivity contribution in [2.75, 3.05) is 20.2 Å². The molecule has 0 heterocycles. The van der Waals surface area contributed by atoms with Crippen molar-refractivity contribution in [2.24, 2.45) is 0 Å². The van der Waals surface area contributed by atoms with Crippen molar-refractivity contribution in [1.29, 1.82) is 0 Å². The van der Waals surface area contributed by atoms with Gasteiger partial charge in [0.15, 0.2) is 0 Å². The molecule has 1 aliphatic carbocycles. The van der Waals surface area contributed by atoms with Gasteiger partial charge in [-0.3, -0.25) is 4.90 Å². The molecular formula is C13H23NO. The van der Waals surface area contributed by atoms with Gasteiger partial charge in [0.1, 0.15) is 6.10 Å². The van der Waals surface area contributed by atoms with E-state index in [-0.39, 0.29) is 0 Å². The van der Waals surface area contributed by atoms with Crippen molar-refractivity contribution >= 4 is 0 Å². The zero-order chi connectivity index (χ0) is 11.1. The molecular weight excluding hydrogens is 186 g/mol. The van der Waals surface area contributed by atoms with Crippen LogP contribution in [0.2, 0.25) is 0 Å². The Morgan fingerprint density at radius 2 is 2.00 bits per heavy atom. The molecule has 0 aliphatic heterocycles. The van der Waals surface area contributed by atoms with E-state index in [4.69, 9.17) is 4.74 Å². The second-order valence-electron chi connectivity index (χ2n) is 4.03.